The standard InChI is InChI=1S/C11H9BrClNOS/c12-9-3-8(13)4-10(14)11(9)15-5-7-1-2-16-6-7/h1-4,6H,5,14H2. The first-order valence-electron chi connectivity index (χ1n) is 4.55. The summed E-state index contributed by atoms with van der Waals surface area (Å²) in [4.78, 5) is 0. The highest BCUT2D eigenvalue weighted by molar-refractivity contribution is 9.10. The molecule has 0 atom stereocenters. The number of rotatable bonds is 3. The highest BCUT2D eigenvalue weighted by Crippen LogP contribution is 2.35. The van der Waals surface area contributed by atoms with Crippen LogP contribution in [0.2, 0.25) is 5.02 Å². The van der Waals surface area contributed by atoms with Crippen LogP contribution in [0.1, 0.15) is 5.56 Å². The van der Waals surface area contributed by atoms with Crippen molar-refractivity contribution in [3.8, 4) is 5.75 Å². The van der Waals surface area contributed by atoms with Crippen molar-refractivity contribution in [1.29, 1.82) is 0 Å². The molecule has 16 heavy (non-hydrogen) atoms. The second-order valence-electron chi connectivity index (χ2n) is 3.23. The van der Waals surface area contributed by atoms with Gasteiger partial charge in [0.05, 0.1) is 10.2 Å². The van der Waals surface area contributed by atoms with E-state index in [9.17, 15) is 0 Å². The number of thiophene rings is 1. The summed E-state index contributed by atoms with van der Waals surface area (Å²) in [6.45, 7) is 0.508. The first-order valence-corrected chi connectivity index (χ1v) is 6.66. The average Bonchev–Trinajstić information content (AvgIpc) is 2.68. The molecule has 84 valence electrons. The number of hydrogen-bond acceptors (Lipinski definition) is 3. The van der Waals surface area contributed by atoms with Crippen molar-refractivity contribution in [2.24, 2.45) is 0 Å². The number of halogens is 2. The minimum absolute atomic E-state index is 0.508. The zero-order valence-corrected chi connectivity index (χ0v) is 11.4. The number of nitrogens with two attached hydrogens (primary N) is 1. The molecular formula is C11H9BrClNOS. The van der Waals surface area contributed by atoms with Gasteiger partial charge in [-0.15, -0.1) is 0 Å². The van der Waals surface area contributed by atoms with Gasteiger partial charge in [0.2, 0.25) is 0 Å². The van der Waals surface area contributed by atoms with Gasteiger partial charge >= 0.3 is 0 Å². The van der Waals surface area contributed by atoms with Gasteiger partial charge in [0.25, 0.3) is 0 Å². The van der Waals surface area contributed by atoms with Crippen molar-refractivity contribution in [2.75, 3.05) is 5.73 Å². The molecule has 1 heterocycles. The Bertz CT molecular complexity index is 464. The van der Waals surface area contributed by atoms with Crippen LogP contribution in [0.5, 0.6) is 5.75 Å². The SMILES string of the molecule is Nc1cc(Cl)cc(Br)c1OCc1ccsc1. The summed E-state index contributed by atoms with van der Waals surface area (Å²) in [5.41, 5.74) is 7.49. The van der Waals surface area contributed by atoms with Crippen LogP contribution in [0, 0.1) is 0 Å². The fourth-order valence-electron chi connectivity index (χ4n) is 1.26. The minimum atomic E-state index is 0.508. The third kappa shape index (κ3) is 2.70. The fraction of sp³-hybridized carbons (Fsp3) is 0.0909. The Morgan fingerprint density at radius 1 is 1.44 bits per heavy atom. The van der Waals surface area contributed by atoms with Gasteiger partial charge in [0.1, 0.15) is 6.61 Å². The Balaban J connectivity index is 2.15. The molecule has 0 fully saturated rings. The second kappa shape index (κ2) is 5.08. The molecule has 0 aliphatic rings. The Morgan fingerprint density at radius 2 is 2.25 bits per heavy atom. The van der Waals surface area contributed by atoms with Crippen LogP contribution in [0.3, 0.4) is 0 Å². The van der Waals surface area contributed by atoms with Gasteiger partial charge in [-0.1, -0.05) is 11.6 Å². The molecule has 2 aromatic rings. The lowest BCUT2D eigenvalue weighted by Gasteiger charge is -2.10. The molecule has 0 saturated carbocycles. The molecule has 5 heteroatoms. The number of nitrogen functional groups attached to an aromatic ring is 1. The maximum absolute atomic E-state index is 5.86. The van der Waals surface area contributed by atoms with Gasteiger partial charge in [0.15, 0.2) is 5.75 Å². The molecule has 1 aromatic heterocycles. The van der Waals surface area contributed by atoms with E-state index in [-0.39, 0.29) is 0 Å². The van der Waals surface area contributed by atoms with Crippen LogP contribution in [0.15, 0.2) is 33.4 Å². The maximum atomic E-state index is 5.86. The van der Waals surface area contributed by atoms with Crippen LogP contribution in [0.25, 0.3) is 0 Å². The fourth-order valence-corrected chi connectivity index (χ4v) is 2.86. The van der Waals surface area contributed by atoms with Gasteiger partial charge in [-0.25, -0.2) is 0 Å². The summed E-state index contributed by atoms with van der Waals surface area (Å²) in [5.74, 6) is 0.635. The van der Waals surface area contributed by atoms with E-state index in [4.69, 9.17) is 22.1 Å². The lowest BCUT2D eigenvalue weighted by atomic mass is 10.3. The number of ether oxygens (including phenoxy) is 1. The number of hydrogen-bond donors (Lipinski definition) is 1. The van der Waals surface area contributed by atoms with Crippen LogP contribution in [-0.2, 0) is 6.61 Å². The Morgan fingerprint density at radius 3 is 2.88 bits per heavy atom. The molecule has 0 aliphatic carbocycles. The van der Waals surface area contributed by atoms with E-state index < -0.39 is 0 Å². The van der Waals surface area contributed by atoms with Crippen molar-refractivity contribution in [2.45, 2.75) is 6.61 Å². The molecule has 2 rings (SSSR count). The molecule has 0 bridgehead atoms. The van der Waals surface area contributed by atoms with E-state index in [0.29, 0.717) is 23.1 Å². The normalized spacial score (nSPS) is 10.4. The largest absolute Gasteiger partial charge is 0.486 e. The summed E-state index contributed by atoms with van der Waals surface area (Å²) < 4.78 is 6.41. The molecular weight excluding hydrogens is 310 g/mol. The van der Waals surface area contributed by atoms with Gasteiger partial charge in [-0.05, 0) is 50.5 Å². The van der Waals surface area contributed by atoms with Crippen LogP contribution in [-0.4, -0.2) is 0 Å². The Kier molecular flexibility index (Phi) is 3.74. The van der Waals surface area contributed by atoms with Crippen molar-refractivity contribution in [3.05, 3.63) is 44.0 Å². The van der Waals surface area contributed by atoms with E-state index in [2.05, 4.69) is 15.9 Å². The zero-order chi connectivity index (χ0) is 11.5. The second-order valence-corrected chi connectivity index (χ2v) is 5.30. The lowest BCUT2D eigenvalue weighted by molar-refractivity contribution is 0.306. The molecule has 0 aliphatic heterocycles. The predicted octanol–water partition coefficient (Wildman–Crippen LogP) is 4.33. The van der Waals surface area contributed by atoms with Gasteiger partial charge in [-0.3, -0.25) is 0 Å². The summed E-state index contributed by atoms with van der Waals surface area (Å²) in [6, 6.07) is 5.46. The third-order valence-corrected chi connectivity index (χ3v) is 3.54. The predicted molar refractivity (Wildman–Crippen MR) is 72.2 cm³/mol. The first-order chi connectivity index (χ1) is 7.66. The Labute approximate surface area is 111 Å². The number of anilines is 1. The van der Waals surface area contributed by atoms with Crippen molar-refractivity contribution in [1.82, 2.24) is 0 Å². The smallest absolute Gasteiger partial charge is 0.156 e. The summed E-state index contributed by atoms with van der Waals surface area (Å²) in [5, 5.41) is 4.64. The van der Waals surface area contributed by atoms with Crippen molar-refractivity contribution < 1.29 is 4.74 Å². The summed E-state index contributed by atoms with van der Waals surface area (Å²) in [7, 11) is 0. The van der Waals surface area contributed by atoms with Crippen molar-refractivity contribution >= 4 is 44.6 Å². The molecule has 0 unspecified atom stereocenters. The van der Waals surface area contributed by atoms with Crippen molar-refractivity contribution in [3.63, 3.8) is 0 Å². The van der Waals surface area contributed by atoms with Gasteiger partial charge in [0, 0.05) is 5.02 Å². The molecule has 0 radical (unpaired) electrons. The van der Waals surface area contributed by atoms with Crippen LogP contribution < -0.4 is 10.5 Å². The van der Waals surface area contributed by atoms with E-state index in [1.807, 2.05) is 16.8 Å². The summed E-state index contributed by atoms with van der Waals surface area (Å²) >= 11 is 10.9. The summed E-state index contributed by atoms with van der Waals surface area (Å²) in [6.07, 6.45) is 0. The maximum Gasteiger partial charge on any atom is 0.156 e. The van der Waals surface area contributed by atoms with Gasteiger partial charge < -0.3 is 10.5 Å². The van der Waals surface area contributed by atoms with E-state index >= 15 is 0 Å². The monoisotopic (exact) mass is 317 g/mol. The lowest BCUT2D eigenvalue weighted by Crippen LogP contribution is -1.98. The Hall–Kier alpha value is -0.710. The highest BCUT2D eigenvalue weighted by Gasteiger charge is 2.08. The highest BCUT2D eigenvalue weighted by atomic mass is 79.9. The molecule has 0 spiro atoms. The molecule has 0 amide bonds. The average molecular weight is 319 g/mol. The molecule has 2 nitrogen and oxygen atoms in total. The third-order valence-electron chi connectivity index (χ3n) is 2.00. The van der Waals surface area contributed by atoms with E-state index in [0.717, 1.165) is 10.0 Å². The van der Waals surface area contributed by atoms with E-state index in [1.54, 1.807) is 23.5 Å². The van der Waals surface area contributed by atoms with Gasteiger partial charge in [-0.2, -0.15) is 11.3 Å². The number of benzene rings is 1. The molecule has 0 saturated heterocycles. The van der Waals surface area contributed by atoms with Crippen LogP contribution >= 0.6 is 38.9 Å². The minimum Gasteiger partial charge on any atom is -0.486 e. The zero-order valence-electron chi connectivity index (χ0n) is 8.24. The molecule has 1 aromatic carbocycles. The quantitative estimate of drug-likeness (QED) is 0.855. The molecule has 2 N–H and O–H groups in total. The van der Waals surface area contributed by atoms with E-state index in [1.165, 1.54) is 0 Å². The van der Waals surface area contributed by atoms with Crippen LogP contribution in [0.4, 0.5) is 5.69 Å². The topological polar surface area (TPSA) is 35.2 Å². The first kappa shape index (κ1) is 11.8.